The molecule has 0 unspecified atom stereocenters. The molecular weight excluding hydrogens is 588 g/mol. The van der Waals surface area contributed by atoms with Gasteiger partial charge in [-0.15, -0.1) is 0 Å². The molecule has 7 nitrogen and oxygen atoms in total. The minimum absolute atomic E-state index is 0.209. The Morgan fingerprint density at radius 2 is 1.80 bits per heavy atom. The van der Waals surface area contributed by atoms with Crippen LogP contribution in [0, 0.1) is 6.92 Å². The number of hydrogen-bond acceptors (Lipinski definition) is 6. The molecule has 0 spiro atoms. The number of fused-ring (bicyclic) bond motifs is 1. The number of nitrogens with zero attached hydrogens (tertiary/aromatic N) is 3. The summed E-state index contributed by atoms with van der Waals surface area (Å²) in [6.07, 6.45) is 5.28. The third-order valence-corrected chi connectivity index (χ3v) is 8.85. The summed E-state index contributed by atoms with van der Waals surface area (Å²) in [7, 11) is 0. The Hall–Kier alpha value is -3.69. The number of aryl methyl sites for hydroxylation is 1. The number of anilines is 2. The SMILES string of the molecule is CC1=C(C(=O)Nc2ccccc2)[C@H](c2ccc(C)cc2)n2c(s/c(=C/c3cc(Br)c(N4CCCCC4)o3)c2=O)=N1. The maximum atomic E-state index is 14.0. The van der Waals surface area contributed by atoms with Crippen LogP contribution in [0.25, 0.3) is 6.08 Å². The number of benzene rings is 2. The van der Waals surface area contributed by atoms with Crippen LogP contribution in [0.4, 0.5) is 11.6 Å². The first-order valence-corrected chi connectivity index (χ1v) is 15.0. The van der Waals surface area contributed by atoms with E-state index in [1.807, 2.05) is 74.5 Å². The summed E-state index contributed by atoms with van der Waals surface area (Å²) >= 11 is 4.95. The van der Waals surface area contributed by atoms with Gasteiger partial charge in [-0.25, -0.2) is 4.99 Å². The molecule has 2 aliphatic rings. The van der Waals surface area contributed by atoms with Crippen LogP contribution in [-0.2, 0) is 4.79 Å². The van der Waals surface area contributed by atoms with E-state index in [4.69, 9.17) is 9.41 Å². The van der Waals surface area contributed by atoms with Gasteiger partial charge in [0, 0.05) is 30.9 Å². The zero-order chi connectivity index (χ0) is 27.8. The first-order valence-electron chi connectivity index (χ1n) is 13.4. The lowest BCUT2D eigenvalue weighted by molar-refractivity contribution is -0.113. The molecule has 0 aliphatic carbocycles. The molecule has 0 radical (unpaired) electrons. The fourth-order valence-electron chi connectivity index (χ4n) is 5.29. The number of furan rings is 1. The minimum Gasteiger partial charge on any atom is -0.440 e. The highest BCUT2D eigenvalue weighted by atomic mass is 79.9. The second kappa shape index (κ2) is 11.1. The van der Waals surface area contributed by atoms with Gasteiger partial charge in [-0.05, 0) is 66.7 Å². The quantitative estimate of drug-likeness (QED) is 0.320. The van der Waals surface area contributed by atoms with Gasteiger partial charge in [0.1, 0.15) is 5.76 Å². The number of carbonyl (C=O) groups is 1. The van der Waals surface area contributed by atoms with Crippen molar-refractivity contribution in [3.8, 4) is 0 Å². The number of nitrogens with one attached hydrogen (secondary N) is 1. The van der Waals surface area contributed by atoms with E-state index in [1.165, 1.54) is 17.8 Å². The van der Waals surface area contributed by atoms with E-state index >= 15 is 0 Å². The molecule has 6 rings (SSSR count). The molecule has 4 aromatic rings. The maximum Gasteiger partial charge on any atom is 0.271 e. The number of aromatic nitrogens is 1. The van der Waals surface area contributed by atoms with Gasteiger partial charge >= 0.3 is 0 Å². The van der Waals surface area contributed by atoms with Crippen LogP contribution in [-0.4, -0.2) is 23.6 Å². The number of piperidine rings is 1. The highest BCUT2D eigenvalue weighted by molar-refractivity contribution is 9.10. The van der Waals surface area contributed by atoms with E-state index in [2.05, 4.69) is 26.1 Å². The van der Waals surface area contributed by atoms with E-state index in [1.54, 1.807) is 10.6 Å². The Morgan fingerprint density at radius 1 is 1.07 bits per heavy atom. The van der Waals surface area contributed by atoms with Crippen molar-refractivity contribution in [2.75, 3.05) is 23.3 Å². The normalized spacial score (nSPS) is 17.5. The highest BCUT2D eigenvalue weighted by Gasteiger charge is 2.32. The van der Waals surface area contributed by atoms with Crippen LogP contribution >= 0.6 is 27.3 Å². The lowest BCUT2D eigenvalue weighted by Gasteiger charge is -2.26. The van der Waals surface area contributed by atoms with Gasteiger partial charge in [-0.3, -0.25) is 14.2 Å². The number of thiazole rings is 1. The van der Waals surface area contributed by atoms with Gasteiger partial charge in [-0.1, -0.05) is 59.4 Å². The Bertz CT molecular complexity index is 1780. The van der Waals surface area contributed by atoms with Crippen molar-refractivity contribution < 1.29 is 9.21 Å². The number of allylic oxidation sites excluding steroid dienone is 1. The summed E-state index contributed by atoms with van der Waals surface area (Å²) in [6.45, 7) is 5.75. The van der Waals surface area contributed by atoms with Gasteiger partial charge in [-0.2, -0.15) is 0 Å². The van der Waals surface area contributed by atoms with Crippen molar-refractivity contribution in [1.82, 2.24) is 4.57 Å². The van der Waals surface area contributed by atoms with Crippen molar-refractivity contribution in [3.63, 3.8) is 0 Å². The van der Waals surface area contributed by atoms with Gasteiger partial charge in [0.05, 0.1) is 26.3 Å². The molecule has 2 aromatic heterocycles. The first kappa shape index (κ1) is 26.5. The summed E-state index contributed by atoms with van der Waals surface area (Å²) in [5.41, 5.74) is 3.44. The summed E-state index contributed by atoms with van der Waals surface area (Å²) in [5, 5.41) is 2.99. The van der Waals surface area contributed by atoms with E-state index in [0.717, 1.165) is 47.4 Å². The molecule has 0 bridgehead atoms. The molecule has 1 fully saturated rings. The molecule has 204 valence electrons. The number of hydrogen-bond donors (Lipinski definition) is 1. The predicted octanol–water partition coefficient (Wildman–Crippen LogP) is 5.53. The fraction of sp³-hybridized carbons (Fsp3) is 0.258. The van der Waals surface area contributed by atoms with Crippen molar-refractivity contribution >= 4 is 50.8 Å². The molecule has 0 saturated carbocycles. The fourth-order valence-corrected chi connectivity index (χ4v) is 6.87. The zero-order valence-electron chi connectivity index (χ0n) is 22.3. The molecule has 2 aliphatic heterocycles. The molecular formula is C31H29BrN4O3S. The number of halogens is 1. The molecule has 4 heterocycles. The Morgan fingerprint density at radius 3 is 2.52 bits per heavy atom. The lowest BCUT2D eigenvalue weighted by atomic mass is 9.94. The smallest absolute Gasteiger partial charge is 0.271 e. The van der Waals surface area contributed by atoms with Gasteiger partial charge in [0.15, 0.2) is 4.80 Å². The van der Waals surface area contributed by atoms with Gasteiger partial charge in [0.2, 0.25) is 5.88 Å². The van der Waals surface area contributed by atoms with Crippen LogP contribution in [0.5, 0.6) is 0 Å². The van der Waals surface area contributed by atoms with Crippen molar-refractivity contribution in [2.24, 2.45) is 4.99 Å². The summed E-state index contributed by atoms with van der Waals surface area (Å²) < 4.78 is 9.21. The highest BCUT2D eigenvalue weighted by Crippen LogP contribution is 2.33. The van der Waals surface area contributed by atoms with Gasteiger partial charge < -0.3 is 14.6 Å². The number of carbonyl (C=O) groups excluding carboxylic acids is 1. The number of rotatable bonds is 5. The Kier molecular flexibility index (Phi) is 7.33. The first-order chi connectivity index (χ1) is 19.4. The summed E-state index contributed by atoms with van der Waals surface area (Å²) in [4.78, 5) is 35.2. The van der Waals surface area contributed by atoms with Crippen LogP contribution in [0.1, 0.15) is 49.1 Å². The minimum atomic E-state index is -0.616. The average Bonchev–Trinajstić information content (AvgIpc) is 3.47. The van der Waals surface area contributed by atoms with E-state index in [-0.39, 0.29) is 11.5 Å². The van der Waals surface area contributed by atoms with E-state index in [0.29, 0.717) is 32.1 Å². The monoisotopic (exact) mass is 616 g/mol. The van der Waals surface area contributed by atoms with Crippen LogP contribution in [0.2, 0.25) is 0 Å². The van der Waals surface area contributed by atoms with Crippen molar-refractivity contribution in [1.29, 1.82) is 0 Å². The molecule has 1 saturated heterocycles. The standard InChI is InChI=1S/C31H29BrN4O3S/c1-19-11-13-21(14-12-19)27-26(28(37)34-22-9-5-3-6-10-22)20(2)33-31-36(27)29(38)25(40-31)18-23-17-24(32)30(39-23)35-15-7-4-8-16-35/h3,5-6,9-14,17-18,27H,4,7-8,15-16H2,1-2H3,(H,34,37)/b25-18+/t27-/m0/s1. The van der Waals surface area contributed by atoms with Crippen molar-refractivity contribution in [3.05, 3.63) is 113 Å². The largest absolute Gasteiger partial charge is 0.440 e. The maximum absolute atomic E-state index is 14.0. The average molecular weight is 618 g/mol. The summed E-state index contributed by atoms with van der Waals surface area (Å²) in [5.74, 6) is 1.11. The molecule has 1 N–H and O–H groups in total. The zero-order valence-corrected chi connectivity index (χ0v) is 24.7. The van der Waals surface area contributed by atoms with Crippen LogP contribution in [0.15, 0.2) is 90.6 Å². The van der Waals surface area contributed by atoms with E-state index < -0.39 is 6.04 Å². The third kappa shape index (κ3) is 5.11. The molecule has 1 amide bonds. The predicted molar refractivity (Wildman–Crippen MR) is 162 cm³/mol. The third-order valence-electron chi connectivity index (χ3n) is 7.30. The van der Waals surface area contributed by atoms with Crippen LogP contribution in [0.3, 0.4) is 0 Å². The topological polar surface area (TPSA) is 79.8 Å². The molecule has 40 heavy (non-hydrogen) atoms. The second-order valence-electron chi connectivity index (χ2n) is 10.2. The molecule has 1 atom stereocenters. The van der Waals surface area contributed by atoms with Gasteiger partial charge in [0.25, 0.3) is 11.5 Å². The summed E-state index contributed by atoms with van der Waals surface area (Å²) in [6, 6.07) is 18.5. The number of para-hydroxylation sites is 1. The lowest BCUT2D eigenvalue weighted by Crippen LogP contribution is -2.40. The Balaban J connectivity index is 1.44. The van der Waals surface area contributed by atoms with E-state index in [9.17, 15) is 9.59 Å². The number of amides is 1. The molecule has 9 heteroatoms. The van der Waals surface area contributed by atoms with Crippen LogP contribution < -0.4 is 25.1 Å². The second-order valence-corrected chi connectivity index (χ2v) is 12.0. The molecule has 2 aromatic carbocycles. The Labute approximate surface area is 244 Å². The van der Waals surface area contributed by atoms with Crippen molar-refractivity contribution in [2.45, 2.75) is 39.2 Å².